The first-order valence-electron chi connectivity index (χ1n) is 6.03. The van der Waals surface area contributed by atoms with Gasteiger partial charge in [-0.2, -0.15) is 14.8 Å². The summed E-state index contributed by atoms with van der Waals surface area (Å²) in [5, 5.41) is 17.4. The fourth-order valence-corrected chi connectivity index (χ4v) is 3.53. The molecule has 0 unspecified atom stereocenters. The molecule has 1 rings (SSSR count). The molecule has 0 aromatic heterocycles. The van der Waals surface area contributed by atoms with E-state index in [2.05, 4.69) is 0 Å². The number of rotatable bonds is 5. The van der Waals surface area contributed by atoms with Gasteiger partial charge in [-0.05, 0) is 32.0 Å². The lowest BCUT2D eigenvalue weighted by atomic mass is 10.2. The summed E-state index contributed by atoms with van der Waals surface area (Å²) in [6, 6.07) is 7.60. The Morgan fingerprint density at radius 3 is 2.45 bits per heavy atom. The van der Waals surface area contributed by atoms with Crippen molar-refractivity contribution >= 4 is 15.7 Å². The van der Waals surface area contributed by atoms with Crippen LogP contribution in [0.2, 0.25) is 0 Å². The van der Waals surface area contributed by atoms with Crippen LogP contribution in [0, 0.1) is 22.7 Å². The van der Waals surface area contributed by atoms with E-state index in [1.807, 2.05) is 12.1 Å². The average Bonchev–Trinajstić information content (AvgIpc) is 2.37. The highest BCUT2D eigenvalue weighted by Crippen LogP contribution is 2.25. The molecule has 1 aromatic carbocycles. The van der Waals surface area contributed by atoms with Crippen LogP contribution in [0.1, 0.15) is 25.8 Å². The van der Waals surface area contributed by atoms with Gasteiger partial charge in [-0.1, -0.05) is 0 Å². The Labute approximate surface area is 119 Å². The Balaban J connectivity index is 3.27. The standard InChI is InChI=1S/C13H16N4O2S/c1-10(2)17(7-3-6-14)20(18,19)13-5-4-11(9-15)8-12(13)16/h4-5,8,10H,3,7,16H2,1-2H3. The van der Waals surface area contributed by atoms with Crippen LogP contribution in [0.5, 0.6) is 0 Å². The molecule has 0 fully saturated rings. The molecule has 0 saturated heterocycles. The summed E-state index contributed by atoms with van der Waals surface area (Å²) in [6.07, 6.45) is 0.105. The van der Waals surface area contributed by atoms with Gasteiger partial charge in [0.15, 0.2) is 0 Å². The van der Waals surface area contributed by atoms with E-state index in [-0.39, 0.29) is 29.6 Å². The number of nitrogen functional groups attached to an aromatic ring is 1. The van der Waals surface area contributed by atoms with Crippen molar-refractivity contribution in [2.75, 3.05) is 12.3 Å². The maximum absolute atomic E-state index is 12.6. The molecule has 1 aromatic rings. The molecule has 0 atom stereocenters. The summed E-state index contributed by atoms with van der Waals surface area (Å²) in [7, 11) is -3.78. The van der Waals surface area contributed by atoms with Gasteiger partial charge in [0, 0.05) is 19.0 Å². The number of hydrogen-bond donors (Lipinski definition) is 1. The zero-order chi connectivity index (χ0) is 15.3. The zero-order valence-corrected chi connectivity index (χ0v) is 12.2. The monoisotopic (exact) mass is 292 g/mol. The maximum Gasteiger partial charge on any atom is 0.245 e. The summed E-state index contributed by atoms with van der Waals surface area (Å²) >= 11 is 0. The largest absolute Gasteiger partial charge is 0.398 e. The van der Waals surface area contributed by atoms with Gasteiger partial charge in [-0.3, -0.25) is 0 Å². The Kier molecular flexibility index (Phi) is 5.09. The van der Waals surface area contributed by atoms with Gasteiger partial charge in [-0.25, -0.2) is 8.42 Å². The third-order valence-corrected chi connectivity index (χ3v) is 4.89. The molecule has 6 nitrogen and oxygen atoms in total. The van der Waals surface area contributed by atoms with E-state index in [0.717, 1.165) is 0 Å². The summed E-state index contributed by atoms with van der Waals surface area (Å²) in [6.45, 7) is 3.57. The third-order valence-electron chi connectivity index (χ3n) is 2.75. The lowest BCUT2D eigenvalue weighted by Crippen LogP contribution is -2.37. The van der Waals surface area contributed by atoms with Crippen LogP contribution in [0.15, 0.2) is 23.1 Å². The molecule has 20 heavy (non-hydrogen) atoms. The Hall–Kier alpha value is -2.09. The van der Waals surface area contributed by atoms with Gasteiger partial charge in [0.25, 0.3) is 0 Å². The van der Waals surface area contributed by atoms with E-state index in [9.17, 15) is 8.42 Å². The SMILES string of the molecule is CC(C)N(CCC#N)S(=O)(=O)c1ccc(C#N)cc1N. The molecule has 0 bridgehead atoms. The van der Waals surface area contributed by atoms with Crippen molar-refractivity contribution in [1.29, 1.82) is 10.5 Å². The quantitative estimate of drug-likeness (QED) is 0.826. The number of nitrogens with two attached hydrogens (primary N) is 1. The highest BCUT2D eigenvalue weighted by molar-refractivity contribution is 7.89. The normalized spacial score (nSPS) is 11.3. The number of nitriles is 2. The Morgan fingerprint density at radius 2 is 2.00 bits per heavy atom. The zero-order valence-electron chi connectivity index (χ0n) is 11.4. The molecule has 2 N–H and O–H groups in total. The summed E-state index contributed by atoms with van der Waals surface area (Å²) in [4.78, 5) is -0.0388. The lowest BCUT2D eigenvalue weighted by molar-refractivity contribution is 0.360. The first kappa shape index (κ1) is 16.0. The molecule has 0 aliphatic carbocycles. The topological polar surface area (TPSA) is 111 Å². The van der Waals surface area contributed by atoms with Crippen LogP contribution < -0.4 is 5.73 Å². The first-order valence-corrected chi connectivity index (χ1v) is 7.47. The highest BCUT2D eigenvalue weighted by atomic mass is 32.2. The third kappa shape index (κ3) is 3.27. The Bertz CT molecular complexity index is 669. The minimum Gasteiger partial charge on any atom is -0.398 e. The molecular formula is C13H16N4O2S. The second-order valence-electron chi connectivity index (χ2n) is 4.48. The van der Waals surface area contributed by atoms with Crippen LogP contribution in [0.25, 0.3) is 0 Å². The van der Waals surface area contributed by atoms with E-state index in [1.54, 1.807) is 13.8 Å². The minimum absolute atomic E-state index is 0.0339. The minimum atomic E-state index is -3.78. The van der Waals surface area contributed by atoms with E-state index >= 15 is 0 Å². The molecular weight excluding hydrogens is 276 g/mol. The maximum atomic E-state index is 12.6. The lowest BCUT2D eigenvalue weighted by Gasteiger charge is -2.25. The van der Waals surface area contributed by atoms with Gasteiger partial charge >= 0.3 is 0 Å². The van der Waals surface area contributed by atoms with Crippen LogP contribution in [0.4, 0.5) is 5.69 Å². The van der Waals surface area contributed by atoms with Crippen LogP contribution in [-0.4, -0.2) is 25.3 Å². The van der Waals surface area contributed by atoms with Crippen molar-refractivity contribution < 1.29 is 8.42 Å². The number of hydrogen-bond acceptors (Lipinski definition) is 5. The number of benzene rings is 1. The van der Waals surface area contributed by atoms with E-state index in [1.165, 1.54) is 22.5 Å². The van der Waals surface area contributed by atoms with Crippen LogP contribution in [-0.2, 0) is 10.0 Å². The highest BCUT2D eigenvalue weighted by Gasteiger charge is 2.28. The first-order chi connectivity index (χ1) is 9.34. The Morgan fingerprint density at radius 1 is 1.35 bits per heavy atom. The molecule has 0 radical (unpaired) electrons. The van der Waals surface area contributed by atoms with Gasteiger partial charge in [-0.15, -0.1) is 0 Å². The molecule has 0 saturated carbocycles. The number of anilines is 1. The average molecular weight is 292 g/mol. The van der Waals surface area contributed by atoms with Crippen molar-refractivity contribution in [3.63, 3.8) is 0 Å². The molecule has 0 heterocycles. The second kappa shape index (κ2) is 6.38. The van der Waals surface area contributed by atoms with Crippen molar-refractivity contribution in [2.45, 2.75) is 31.2 Å². The smallest absolute Gasteiger partial charge is 0.245 e. The van der Waals surface area contributed by atoms with Crippen molar-refractivity contribution in [3.8, 4) is 12.1 Å². The molecule has 0 amide bonds. The summed E-state index contributed by atoms with van der Waals surface area (Å²) in [5.41, 5.74) is 6.06. The summed E-state index contributed by atoms with van der Waals surface area (Å²) in [5.74, 6) is 0. The van der Waals surface area contributed by atoms with Gasteiger partial charge in [0.05, 0.1) is 23.4 Å². The van der Waals surface area contributed by atoms with E-state index < -0.39 is 10.0 Å². The van der Waals surface area contributed by atoms with Crippen molar-refractivity contribution in [1.82, 2.24) is 4.31 Å². The predicted molar refractivity (Wildman–Crippen MR) is 74.8 cm³/mol. The fourth-order valence-electron chi connectivity index (χ4n) is 1.80. The molecule has 7 heteroatoms. The second-order valence-corrected chi connectivity index (χ2v) is 6.34. The fraction of sp³-hybridized carbons (Fsp3) is 0.385. The molecule has 0 aliphatic rings. The molecule has 106 valence electrons. The van der Waals surface area contributed by atoms with E-state index in [4.69, 9.17) is 16.3 Å². The van der Waals surface area contributed by atoms with Gasteiger partial charge in [0.1, 0.15) is 4.90 Å². The molecule has 0 aliphatic heterocycles. The number of nitrogens with zero attached hydrogens (tertiary/aromatic N) is 3. The number of sulfonamides is 1. The van der Waals surface area contributed by atoms with Crippen molar-refractivity contribution in [2.24, 2.45) is 0 Å². The van der Waals surface area contributed by atoms with E-state index in [0.29, 0.717) is 5.56 Å². The van der Waals surface area contributed by atoms with Crippen molar-refractivity contribution in [3.05, 3.63) is 23.8 Å². The van der Waals surface area contributed by atoms with Gasteiger partial charge in [0.2, 0.25) is 10.0 Å². The predicted octanol–water partition coefficient (Wildman–Crippen LogP) is 1.45. The van der Waals surface area contributed by atoms with Crippen LogP contribution in [0.3, 0.4) is 0 Å². The van der Waals surface area contributed by atoms with Crippen LogP contribution >= 0.6 is 0 Å². The summed E-state index contributed by atoms with van der Waals surface area (Å²) < 4.78 is 26.3. The van der Waals surface area contributed by atoms with Gasteiger partial charge < -0.3 is 5.73 Å². The molecule has 0 spiro atoms.